The van der Waals surface area contributed by atoms with E-state index in [0.717, 1.165) is 12.1 Å². The minimum absolute atomic E-state index is 0.205. The van der Waals surface area contributed by atoms with E-state index in [-0.39, 0.29) is 5.82 Å². The van der Waals surface area contributed by atoms with Gasteiger partial charge in [0.1, 0.15) is 5.82 Å². The molecule has 3 rings (SSSR count). The summed E-state index contributed by atoms with van der Waals surface area (Å²) >= 11 is 0. The van der Waals surface area contributed by atoms with Gasteiger partial charge < -0.3 is 5.73 Å². The highest BCUT2D eigenvalue weighted by Gasteiger charge is 2.29. The van der Waals surface area contributed by atoms with Crippen LogP contribution in [-0.4, -0.2) is 10.9 Å². The van der Waals surface area contributed by atoms with E-state index in [1.54, 1.807) is 12.1 Å². The Morgan fingerprint density at radius 1 is 1.05 bits per heavy atom. The van der Waals surface area contributed by atoms with E-state index in [9.17, 15) is 4.39 Å². The first kappa shape index (κ1) is 13.1. The summed E-state index contributed by atoms with van der Waals surface area (Å²) in [7, 11) is 0. The van der Waals surface area contributed by atoms with Crippen LogP contribution in [-0.2, 0) is 13.1 Å². The van der Waals surface area contributed by atoms with Gasteiger partial charge >= 0.3 is 0 Å². The molecule has 0 heterocycles. The molecule has 2 N–H and O–H groups in total. The van der Waals surface area contributed by atoms with Gasteiger partial charge in [-0.05, 0) is 30.5 Å². The van der Waals surface area contributed by atoms with Crippen molar-refractivity contribution < 1.29 is 4.39 Å². The van der Waals surface area contributed by atoms with Crippen LogP contribution in [0.3, 0.4) is 0 Å². The first-order chi connectivity index (χ1) is 9.72. The number of hydrogen-bond donors (Lipinski definition) is 1. The minimum atomic E-state index is -0.205. The van der Waals surface area contributed by atoms with E-state index >= 15 is 0 Å². The van der Waals surface area contributed by atoms with Gasteiger partial charge in [-0.3, -0.25) is 4.90 Å². The molecule has 0 amide bonds. The lowest BCUT2D eigenvalue weighted by molar-refractivity contribution is 0.242. The highest BCUT2D eigenvalue weighted by Crippen LogP contribution is 2.30. The monoisotopic (exact) mass is 270 g/mol. The number of nitrogens with zero attached hydrogens (tertiary/aromatic N) is 1. The van der Waals surface area contributed by atoms with Gasteiger partial charge in [-0.25, -0.2) is 4.39 Å². The van der Waals surface area contributed by atoms with Crippen molar-refractivity contribution in [1.29, 1.82) is 0 Å². The normalized spacial score (nSPS) is 14.7. The Morgan fingerprint density at radius 2 is 1.80 bits per heavy atom. The lowest BCUT2D eigenvalue weighted by Gasteiger charge is -2.22. The molecule has 0 spiro atoms. The molecule has 3 heteroatoms. The summed E-state index contributed by atoms with van der Waals surface area (Å²) in [5.41, 5.74) is 8.08. The Balaban J connectivity index is 1.74. The van der Waals surface area contributed by atoms with Crippen molar-refractivity contribution >= 4 is 5.69 Å². The Bertz CT molecular complexity index is 579. The predicted octanol–water partition coefficient (Wildman–Crippen LogP) is 3.57. The number of anilines is 1. The molecule has 2 aromatic rings. The highest BCUT2D eigenvalue weighted by atomic mass is 19.1. The fourth-order valence-corrected chi connectivity index (χ4v) is 2.48. The van der Waals surface area contributed by atoms with Crippen LogP contribution < -0.4 is 5.73 Å². The fraction of sp³-hybridized carbons (Fsp3) is 0.294. The van der Waals surface area contributed by atoms with E-state index in [1.165, 1.54) is 24.5 Å². The second-order valence-electron chi connectivity index (χ2n) is 5.47. The fourth-order valence-electron chi connectivity index (χ4n) is 2.48. The topological polar surface area (TPSA) is 29.3 Å². The average molecular weight is 270 g/mol. The molecule has 0 saturated heterocycles. The van der Waals surface area contributed by atoms with Gasteiger partial charge in [0.25, 0.3) is 0 Å². The van der Waals surface area contributed by atoms with Crippen LogP contribution in [0.15, 0.2) is 48.5 Å². The van der Waals surface area contributed by atoms with Gasteiger partial charge in [0, 0.05) is 30.4 Å². The van der Waals surface area contributed by atoms with Gasteiger partial charge in [0.05, 0.1) is 0 Å². The van der Waals surface area contributed by atoms with Crippen LogP contribution in [0.25, 0.3) is 0 Å². The molecular formula is C17H19FN2. The van der Waals surface area contributed by atoms with Crippen molar-refractivity contribution in [3.8, 4) is 0 Å². The van der Waals surface area contributed by atoms with Crippen molar-refractivity contribution in [3.05, 3.63) is 65.5 Å². The van der Waals surface area contributed by atoms with Crippen LogP contribution in [0, 0.1) is 5.82 Å². The zero-order valence-electron chi connectivity index (χ0n) is 11.4. The molecule has 1 saturated carbocycles. The van der Waals surface area contributed by atoms with Crippen LogP contribution in [0.2, 0.25) is 0 Å². The van der Waals surface area contributed by atoms with E-state index in [1.807, 2.05) is 18.2 Å². The molecule has 1 fully saturated rings. The predicted molar refractivity (Wildman–Crippen MR) is 79.5 cm³/mol. The maximum absolute atomic E-state index is 13.9. The molecule has 2 nitrogen and oxygen atoms in total. The van der Waals surface area contributed by atoms with Crippen LogP contribution in [0.1, 0.15) is 24.0 Å². The molecule has 1 aliphatic rings. The van der Waals surface area contributed by atoms with E-state index in [4.69, 9.17) is 5.73 Å². The van der Waals surface area contributed by atoms with Crippen molar-refractivity contribution in [1.82, 2.24) is 4.90 Å². The third kappa shape index (κ3) is 3.17. The smallest absolute Gasteiger partial charge is 0.129 e. The summed E-state index contributed by atoms with van der Waals surface area (Å²) in [5.74, 6) is -0.205. The van der Waals surface area contributed by atoms with Gasteiger partial charge in [-0.15, -0.1) is 0 Å². The Kier molecular flexibility index (Phi) is 3.70. The summed E-state index contributed by atoms with van der Waals surface area (Å²) < 4.78 is 13.9. The second-order valence-corrected chi connectivity index (χ2v) is 5.47. The Labute approximate surface area is 119 Å². The number of nitrogens with two attached hydrogens (primary N) is 1. The summed E-state index contributed by atoms with van der Waals surface area (Å²) in [6, 6.07) is 15.9. The maximum atomic E-state index is 13.9. The van der Waals surface area contributed by atoms with Gasteiger partial charge in [0.2, 0.25) is 0 Å². The lowest BCUT2D eigenvalue weighted by atomic mass is 10.1. The molecular weight excluding hydrogens is 251 g/mol. The van der Waals surface area contributed by atoms with Crippen molar-refractivity contribution in [3.63, 3.8) is 0 Å². The molecule has 0 radical (unpaired) electrons. The Hall–Kier alpha value is -1.87. The molecule has 1 aliphatic carbocycles. The summed E-state index contributed by atoms with van der Waals surface area (Å²) in [6.07, 6.45) is 2.42. The summed E-state index contributed by atoms with van der Waals surface area (Å²) in [6.45, 7) is 1.51. The lowest BCUT2D eigenvalue weighted by Crippen LogP contribution is -2.25. The van der Waals surface area contributed by atoms with Crippen molar-refractivity contribution in [2.75, 3.05) is 5.73 Å². The number of benzene rings is 2. The largest absolute Gasteiger partial charge is 0.399 e. The Morgan fingerprint density at radius 3 is 2.45 bits per heavy atom. The number of nitrogen functional groups attached to an aromatic ring is 1. The molecule has 0 unspecified atom stereocenters. The van der Waals surface area contributed by atoms with Crippen LogP contribution >= 0.6 is 0 Å². The molecule has 104 valence electrons. The number of rotatable bonds is 5. The number of hydrogen-bond acceptors (Lipinski definition) is 2. The summed E-state index contributed by atoms with van der Waals surface area (Å²) in [5, 5.41) is 0. The maximum Gasteiger partial charge on any atom is 0.129 e. The van der Waals surface area contributed by atoms with Gasteiger partial charge in [0.15, 0.2) is 0 Å². The first-order valence-corrected chi connectivity index (χ1v) is 7.04. The highest BCUT2D eigenvalue weighted by molar-refractivity contribution is 5.40. The van der Waals surface area contributed by atoms with E-state index in [2.05, 4.69) is 17.0 Å². The van der Waals surface area contributed by atoms with Crippen molar-refractivity contribution in [2.45, 2.75) is 32.0 Å². The second kappa shape index (κ2) is 5.63. The van der Waals surface area contributed by atoms with E-state index < -0.39 is 0 Å². The van der Waals surface area contributed by atoms with Crippen LogP contribution in [0.5, 0.6) is 0 Å². The third-order valence-corrected chi connectivity index (χ3v) is 3.74. The van der Waals surface area contributed by atoms with Gasteiger partial charge in [-0.2, -0.15) is 0 Å². The SMILES string of the molecule is Nc1ccc(CN(Cc2ccccc2)C2CC2)c(F)c1. The third-order valence-electron chi connectivity index (χ3n) is 3.74. The number of halogens is 1. The average Bonchev–Trinajstić information content (AvgIpc) is 3.26. The molecule has 2 aromatic carbocycles. The zero-order valence-corrected chi connectivity index (χ0v) is 11.4. The standard InChI is InChI=1S/C17H19FN2/c18-17-10-15(19)7-6-14(17)12-20(16-8-9-16)11-13-4-2-1-3-5-13/h1-7,10,16H,8-9,11-12,19H2. The molecule has 0 atom stereocenters. The molecule has 20 heavy (non-hydrogen) atoms. The molecule has 0 aliphatic heterocycles. The first-order valence-electron chi connectivity index (χ1n) is 7.04. The van der Waals surface area contributed by atoms with E-state index in [0.29, 0.717) is 18.3 Å². The van der Waals surface area contributed by atoms with Crippen LogP contribution in [0.4, 0.5) is 10.1 Å². The van der Waals surface area contributed by atoms with Crippen molar-refractivity contribution in [2.24, 2.45) is 0 Å². The van der Waals surface area contributed by atoms with Gasteiger partial charge in [-0.1, -0.05) is 36.4 Å². The molecule has 0 aromatic heterocycles. The zero-order chi connectivity index (χ0) is 13.9. The quantitative estimate of drug-likeness (QED) is 0.842. The molecule has 0 bridgehead atoms. The minimum Gasteiger partial charge on any atom is -0.399 e. The summed E-state index contributed by atoms with van der Waals surface area (Å²) in [4.78, 5) is 2.35.